The van der Waals surface area contributed by atoms with E-state index in [1.54, 1.807) is 47.3 Å². The molecular weight excluding hydrogens is 340 g/mol. The number of aryl methyl sites for hydroxylation is 1. The highest BCUT2D eigenvalue weighted by atomic mass is 16.2. The van der Waals surface area contributed by atoms with Crippen LogP contribution in [0.3, 0.4) is 0 Å². The zero-order chi connectivity index (χ0) is 19.2. The first-order valence-corrected chi connectivity index (χ1v) is 8.32. The van der Waals surface area contributed by atoms with Gasteiger partial charge in [-0.25, -0.2) is 4.68 Å². The maximum atomic E-state index is 12.6. The number of nitrogens with one attached hydrogen (secondary N) is 2. The van der Waals surface area contributed by atoms with E-state index in [9.17, 15) is 9.59 Å². The Morgan fingerprint density at radius 2 is 1.85 bits per heavy atom. The van der Waals surface area contributed by atoms with Gasteiger partial charge < -0.3 is 10.6 Å². The molecule has 0 aliphatic heterocycles. The van der Waals surface area contributed by atoms with Crippen molar-refractivity contribution < 1.29 is 9.59 Å². The Morgan fingerprint density at radius 3 is 2.52 bits per heavy atom. The summed E-state index contributed by atoms with van der Waals surface area (Å²) in [5.74, 6) is 1.70. The molecule has 27 heavy (non-hydrogen) atoms. The quantitative estimate of drug-likeness (QED) is 0.689. The van der Waals surface area contributed by atoms with Crippen LogP contribution in [-0.4, -0.2) is 28.1 Å². The Kier molecular flexibility index (Phi) is 5.33. The number of para-hydroxylation sites is 1. The molecule has 0 fully saturated rings. The number of nitrogens with zero attached hydrogens (tertiary/aromatic N) is 2. The van der Waals surface area contributed by atoms with Crippen molar-refractivity contribution in [3.05, 3.63) is 77.6 Å². The number of carbonyl (C=O) groups excluding carboxylic acids is 2. The summed E-state index contributed by atoms with van der Waals surface area (Å²) in [5, 5.41) is 9.61. The van der Waals surface area contributed by atoms with Crippen molar-refractivity contribution in [3.63, 3.8) is 0 Å². The van der Waals surface area contributed by atoms with Gasteiger partial charge in [-0.2, -0.15) is 5.10 Å². The summed E-state index contributed by atoms with van der Waals surface area (Å²) in [4.78, 5) is 24.7. The van der Waals surface area contributed by atoms with Crippen LogP contribution < -0.4 is 10.6 Å². The number of anilines is 1. The fourth-order valence-corrected chi connectivity index (χ4v) is 2.53. The number of carbonyl (C=O) groups is 2. The van der Waals surface area contributed by atoms with Crippen LogP contribution in [0.2, 0.25) is 0 Å². The molecule has 2 amide bonds. The van der Waals surface area contributed by atoms with E-state index in [4.69, 9.17) is 6.42 Å². The Labute approximate surface area is 157 Å². The van der Waals surface area contributed by atoms with Crippen LogP contribution in [0.15, 0.2) is 60.9 Å². The number of benzene rings is 2. The summed E-state index contributed by atoms with van der Waals surface area (Å²) in [6.07, 6.45) is 8.83. The van der Waals surface area contributed by atoms with E-state index in [1.165, 1.54) is 0 Å². The first-order chi connectivity index (χ1) is 13.1. The molecule has 6 heteroatoms. The van der Waals surface area contributed by atoms with E-state index >= 15 is 0 Å². The van der Waals surface area contributed by atoms with Gasteiger partial charge in [0.15, 0.2) is 0 Å². The molecule has 0 aliphatic carbocycles. The summed E-state index contributed by atoms with van der Waals surface area (Å²) in [5.41, 5.74) is 3.15. The number of rotatable bonds is 5. The van der Waals surface area contributed by atoms with E-state index in [0.29, 0.717) is 16.8 Å². The zero-order valence-corrected chi connectivity index (χ0v) is 14.8. The molecule has 1 aromatic heterocycles. The minimum absolute atomic E-state index is 0.121. The molecule has 2 N–H and O–H groups in total. The number of hydrogen-bond acceptors (Lipinski definition) is 3. The number of amides is 2. The third-order valence-electron chi connectivity index (χ3n) is 3.88. The second kappa shape index (κ2) is 8.02. The molecule has 0 saturated heterocycles. The summed E-state index contributed by atoms with van der Waals surface area (Å²) in [6, 6.07) is 13.8. The molecule has 0 radical (unpaired) electrons. The lowest BCUT2D eigenvalue weighted by Crippen LogP contribution is -2.25. The van der Waals surface area contributed by atoms with Crippen LogP contribution in [0.5, 0.6) is 0 Å². The highest BCUT2D eigenvalue weighted by molar-refractivity contribution is 6.09. The normalized spacial score (nSPS) is 10.1. The average molecular weight is 358 g/mol. The minimum atomic E-state index is -0.340. The van der Waals surface area contributed by atoms with Crippen LogP contribution in [0.25, 0.3) is 5.69 Å². The maximum absolute atomic E-state index is 12.6. The zero-order valence-electron chi connectivity index (χ0n) is 14.8. The second-order valence-electron chi connectivity index (χ2n) is 5.90. The molecule has 3 rings (SSSR count). The molecule has 6 nitrogen and oxygen atoms in total. The number of aromatic nitrogens is 2. The summed E-state index contributed by atoms with van der Waals surface area (Å²) < 4.78 is 1.74. The van der Waals surface area contributed by atoms with Gasteiger partial charge >= 0.3 is 0 Å². The minimum Gasteiger partial charge on any atom is -0.341 e. The molecular formula is C21H18N4O2. The van der Waals surface area contributed by atoms with Crippen LogP contribution in [0.4, 0.5) is 5.69 Å². The van der Waals surface area contributed by atoms with Gasteiger partial charge in [0.25, 0.3) is 11.8 Å². The topological polar surface area (TPSA) is 76.0 Å². The highest BCUT2D eigenvalue weighted by Crippen LogP contribution is 2.17. The van der Waals surface area contributed by atoms with Gasteiger partial charge in [0, 0.05) is 11.8 Å². The largest absolute Gasteiger partial charge is 0.341 e. The summed E-state index contributed by atoms with van der Waals surface area (Å²) >= 11 is 0. The lowest BCUT2D eigenvalue weighted by atomic mass is 10.1. The number of hydrogen-bond donors (Lipinski definition) is 2. The third-order valence-corrected chi connectivity index (χ3v) is 3.88. The fraction of sp³-hybridized carbons (Fsp3) is 0.0952. The third kappa shape index (κ3) is 4.22. The van der Waals surface area contributed by atoms with Crippen molar-refractivity contribution in [2.75, 3.05) is 11.9 Å². The van der Waals surface area contributed by atoms with Crippen molar-refractivity contribution >= 4 is 17.5 Å². The van der Waals surface area contributed by atoms with Gasteiger partial charge in [0.05, 0.1) is 29.7 Å². The molecule has 1 heterocycles. The van der Waals surface area contributed by atoms with Gasteiger partial charge in [-0.15, -0.1) is 6.42 Å². The molecule has 0 saturated carbocycles. The van der Waals surface area contributed by atoms with Crippen molar-refractivity contribution in [1.29, 1.82) is 0 Å². The molecule has 2 aromatic carbocycles. The lowest BCUT2D eigenvalue weighted by molar-refractivity contribution is 0.0959. The van der Waals surface area contributed by atoms with Crippen LogP contribution in [-0.2, 0) is 0 Å². The molecule has 0 aliphatic rings. The SMILES string of the molecule is C#CCNC(=O)c1ccccc1NC(=O)c1ccc(-n2cc(C)cn2)cc1. The fourth-order valence-electron chi connectivity index (χ4n) is 2.53. The van der Waals surface area contributed by atoms with Gasteiger partial charge in [-0.1, -0.05) is 18.1 Å². The highest BCUT2D eigenvalue weighted by Gasteiger charge is 2.13. The summed E-state index contributed by atoms with van der Waals surface area (Å²) in [6.45, 7) is 2.08. The van der Waals surface area contributed by atoms with Crippen LogP contribution >= 0.6 is 0 Å². The summed E-state index contributed by atoms with van der Waals surface area (Å²) in [7, 11) is 0. The molecule has 3 aromatic rings. The van der Waals surface area contributed by atoms with Crippen molar-refractivity contribution in [1.82, 2.24) is 15.1 Å². The monoisotopic (exact) mass is 358 g/mol. The van der Waals surface area contributed by atoms with Crippen molar-refractivity contribution in [2.45, 2.75) is 6.92 Å². The Hall–Kier alpha value is -3.85. The smallest absolute Gasteiger partial charge is 0.255 e. The maximum Gasteiger partial charge on any atom is 0.255 e. The first-order valence-electron chi connectivity index (χ1n) is 8.32. The first kappa shape index (κ1) is 18.0. The van der Waals surface area contributed by atoms with Gasteiger partial charge in [0.1, 0.15) is 0 Å². The average Bonchev–Trinajstić information content (AvgIpc) is 3.13. The van der Waals surface area contributed by atoms with Crippen molar-refractivity contribution in [2.24, 2.45) is 0 Å². The Bertz CT molecular complexity index is 1010. The molecule has 0 atom stereocenters. The molecule has 0 spiro atoms. The second-order valence-corrected chi connectivity index (χ2v) is 5.90. The Balaban J connectivity index is 1.76. The standard InChI is InChI=1S/C21H18N4O2/c1-3-12-22-21(27)18-6-4-5-7-19(18)24-20(26)16-8-10-17(11-9-16)25-14-15(2)13-23-25/h1,4-11,13-14H,12H2,2H3,(H,22,27)(H,24,26). The van der Waals surface area contributed by atoms with E-state index in [2.05, 4.69) is 21.7 Å². The van der Waals surface area contributed by atoms with Crippen LogP contribution in [0.1, 0.15) is 26.3 Å². The predicted molar refractivity (Wildman–Crippen MR) is 104 cm³/mol. The van der Waals surface area contributed by atoms with E-state index in [-0.39, 0.29) is 18.4 Å². The van der Waals surface area contributed by atoms with E-state index in [1.807, 2.05) is 25.3 Å². The van der Waals surface area contributed by atoms with Gasteiger partial charge in [0.2, 0.25) is 0 Å². The lowest BCUT2D eigenvalue weighted by Gasteiger charge is -2.11. The van der Waals surface area contributed by atoms with Crippen molar-refractivity contribution in [3.8, 4) is 18.0 Å². The molecule has 134 valence electrons. The van der Waals surface area contributed by atoms with Crippen LogP contribution in [0, 0.1) is 19.3 Å². The van der Waals surface area contributed by atoms with Gasteiger partial charge in [-0.05, 0) is 48.9 Å². The van der Waals surface area contributed by atoms with E-state index in [0.717, 1.165) is 11.3 Å². The molecule has 0 unspecified atom stereocenters. The predicted octanol–water partition coefficient (Wildman–Crippen LogP) is 2.80. The number of terminal acetylenes is 1. The van der Waals surface area contributed by atoms with E-state index < -0.39 is 0 Å². The van der Waals surface area contributed by atoms with Gasteiger partial charge in [-0.3, -0.25) is 9.59 Å². The molecule has 0 bridgehead atoms. The Morgan fingerprint density at radius 1 is 1.11 bits per heavy atom.